The van der Waals surface area contributed by atoms with Crippen molar-refractivity contribution in [2.24, 2.45) is 0 Å². The first kappa shape index (κ1) is 13.4. The molecule has 1 aromatic carbocycles. The smallest absolute Gasteiger partial charge is 0.148 e. The van der Waals surface area contributed by atoms with Gasteiger partial charge in [0.05, 0.1) is 16.9 Å². The SMILES string of the molecule is CC1=C(Nc2ccc(N)cc2F)c2cncnc2N(C)C1. The van der Waals surface area contributed by atoms with E-state index in [-0.39, 0.29) is 5.82 Å². The Morgan fingerprint density at radius 2 is 2.19 bits per heavy atom. The standard InChI is InChI=1S/C15H16FN5/c1-9-7-21(2)15-11(6-18-8-19-15)14(9)20-13-4-3-10(17)5-12(13)16/h3-6,8,20H,7,17H2,1-2H3. The van der Waals surface area contributed by atoms with Crippen LogP contribution in [0.1, 0.15) is 12.5 Å². The van der Waals surface area contributed by atoms with Crippen LogP contribution in [0.3, 0.4) is 0 Å². The molecule has 0 saturated carbocycles. The number of fused-ring (bicyclic) bond motifs is 1. The van der Waals surface area contributed by atoms with Crippen LogP contribution in [-0.4, -0.2) is 23.6 Å². The third kappa shape index (κ3) is 2.40. The molecule has 2 heterocycles. The summed E-state index contributed by atoms with van der Waals surface area (Å²) < 4.78 is 14.0. The van der Waals surface area contributed by atoms with E-state index in [9.17, 15) is 4.39 Å². The van der Waals surface area contributed by atoms with Crippen molar-refractivity contribution in [1.29, 1.82) is 0 Å². The second-order valence-electron chi connectivity index (χ2n) is 5.14. The number of benzene rings is 1. The van der Waals surface area contributed by atoms with Crippen molar-refractivity contribution in [3.8, 4) is 0 Å². The van der Waals surface area contributed by atoms with Crippen molar-refractivity contribution in [2.75, 3.05) is 29.5 Å². The molecular weight excluding hydrogens is 269 g/mol. The predicted molar refractivity (Wildman–Crippen MR) is 82.3 cm³/mol. The number of nitrogen functional groups attached to an aromatic ring is 1. The Morgan fingerprint density at radius 1 is 1.38 bits per heavy atom. The Bertz CT molecular complexity index is 726. The predicted octanol–water partition coefficient (Wildman–Crippen LogP) is 2.49. The summed E-state index contributed by atoms with van der Waals surface area (Å²) in [6, 6.07) is 4.60. The molecule has 0 saturated heterocycles. The molecule has 2 aromatic rings. The highest BCUT2D eigenvalue weighted by atomic mass is 19.1. The summed E-state index contributed by atoms with van der Waals surface area (Å²) in [7, 11) is 1.97. The molecule has 21 heavy (non-hydrogen) atoms. The molecule has 0 aliphatic carbocycles. The van der Waals surface area contributed by atoms with Gasteiger partial charge in [0, 0.05) is 25.5 Å². The minimum Gasteiger partial charge on any atom is -0.399 e. The van der Waals surface area contributed by atoms with Crippen LogP contribution in [0.15, 0.2) is 36.3 Å². The van der Waals surface area contributed by atoms with Gasteiger partial charge in [0.25, 0.3) is 0 Å². The molecule has 1 aliphatic rings. The first-order valence-corrected chi connectivity index (χ1v) is 6.59. The van der Waals surface area contributed by atoms with E-state index in [4.69, 9.17) is 5.73 Å². The first-order valence-electron chi connectivity index (χ1n) is 6.59. The van der Waals surface area contributed by atoms with Gasteiger partial charge in [-0.3, -0.25) is 0 Å². The van der Waals surface area contributed by atoms with Crippen LogP contribution in [0.25, 0.3) is 5.70 Å². The fourth-order valence-electron chi connectivity index (χ4n) is 2.48. The number of likely N-dealkylation sites (N-methyl/N-ethyl adjacent to an activating group) is 1. The van der Waals surface area contributed by atoms with Crippen molar-refractivity contribution in [3.63, 3.8) is 0 Å². The summed E-state index contributed by atoms with van der Waals surface area (Å²) in [5.74, 6) is 0.446. The molecule has 0 unspecified atom stereocenters. The lowest BCUT2D eigenvalue weighted by molar-refractivity contribution is 0.632. The summed E-state index contributed by atoms with van der Waals surface area (Å²) >= 11 is 0. The van der Waals surface area contributed by atoms with E-state index in [1.807, 2.05) is 18.9 Å². The average Bonchev–Trinajstić information content (AvgIpc) is 2.45. The molecule has 6 heteroatoms. The van der Waals surface area contributed by atoms with Gasteiger partial charge in [-0.25, -0.2) is 14.4 Å². The largest absolute Gasteiger partial charge is 0.399 e. The Hall–Kier alpha value is -2.63. The highest BCUT2D eigenvalue weighted by Crippen LogP contribution is 2.33. The van der Waals surface area contributed by atoms with Gasteiger partial charge in [-0.2, -0.15) is 0 Å². The van der Waals surface area contributed by atoms with E-state index in [1.54, 1.807) is 18.3 Å². The number of nitrogens with zero attached hydrogens (tertiary/aromatic N) is 3. The van der Waals surface area contributed by atoms with Crippen LogP contribution in [-0.2, 0) is 0 Å². The third-order valence-electron chi connectivity index (χ3n) is 3.48. The molecule has 1 aromatic heterocycles. The van der Waals surface area contributed by atoms with Crippen molar-refractivity contribution >= 4 is 22.9 Å². The normalized spacial score (nSPS) is 14.1. The van der Waals surface area contributed by atoms with Crippen molar-refractivity contribution < 1.29 is 4.39 Å². The monoisotopic (exact) mass is 285 g/mol. The van der Waals surface area contributed by atoms with E-state index in [1.165, 1.54) is 12.4 Å². The van der Waals surface area contributed by atoms with Gasteiger partial charge < -0.3 is 16.0 Å². The summed E-state index contributed by atoms with van der Waals surface area (Å²) in [4.78, 5) is 10.4. The van der Waals surface area contributed by atoms with E-state index in [2.05, 4.69) is 15.3 Å². The molecule has 0 amide bonds. The highest BCUT2D eigenvalue weighted by Gasteiger charge is 2.22. The van der Waals surface area contributed by atoms with Crippen molar-refractivity contribution in [3.05, 3.63) is 47.7 Å². The van der Waals surface area contributed by atoms with Crippen molar-refractivity contribution in [2.45, 2.75) is 6.92 Å². The van der Waals surface area contributed by atoms with Crippen LogP contribution < -0.4 is 16.0 Å². The van der Waals surface area contributed by atoms with E-state index >= 15 is 0 Å². The molecule has 3 rings (SSSR count). The number of anilines is 3. The number of aromatic nitrogens is 2. The summed E-state index contributed by atoms with van der Waals surface area (Å²) in [5, 5.41) is 3.15. The number of hydrogen-bond donors (Lipinski definition) is 2. The fourth-order valence-corrected chi connectivity index (χ4v) is 2.48. The Balaban J connectivity index is 2.03. The zero-order valence-electron chi connectivity index (χ0n) is 11.9. The van der Waals surface area contributed by atoms with Crippen LogP contribution in [0.2, 0.25) is 0 Å². The average molecular weight is 285 g/mol. The maximum Gasteiger partial charge on any atom is 0.148 e. The molecule has 0 spiro atoms. The number of nitrogens with two attached hydrogens (primary N) is 1. The van der Waals surface area contributed by atoms with Gasteiger partial charge in [0.15, 0.2) is 0 Å². The second-order valence-corrected chi connectivity index (χ2v) is 5.14. The molecule has 5 nitrogen and oxygen atoms in total. The number of nitrogens with one attached hydrogen (secondary N) is 1. The Labute approximate surface area is 122 Å². The molecule has 0 bridgehead atoms. The van der Waals surface area contributed by atoms with Crippen LogP contribution >= 0.6 is 0 Å². The molecule has 108 valence electrons. The molecule has 0 radical (unpaired) electrons. The maximum absolute atomic E-state index is 14.0. The van der Waals surface area contributed by atoms with Gasteiger partial charge in [0.1, 0.15) is 18.0 Å². The summed E-state index contributed by atoms with van der Waals surface area (Å²) in [5.41, 5.74) is 9.16. The Kier molecular flexibility index (Phi) is 3.21. The fraction of sp³-hybridized carbons (Fsp3) is 0.200. The lowest BCUT2D eigenvalue weighted by Gasteiger charge is -2.29. The van der Waals surface area contributed by atoms with Crippen LogP contribution in [0.5, 0.6) is 0 Å². The second kappa shape index (κ2) is 5.05. The van der Waals surface area contributed by atoms with Gasteiger partial charge >= 0.3 is 0 Å². The molecule has 1 aliphatic heterocycles. The minimum absolute atomic E-state index is 0.382. The van der Waals surface area contributed by atoms with Gasteiger partial charge in [0.2, 0.25) is 0 Å². The Morgan fingerprint density at radius 3 is 2.95 bits per heavy atom. The van der Waals surface area contributed by atoms with Crippen LogP contribution in [0, 0.1) is 5.82 Å². The van der Waals surface area contributed by atoms with E-state index in [0.717, 1.165) is 29.2 Å². The third-order valence-corrected chi connectivity index (χ3v) is 3.48. The quantitative estimate of drug-likeness (QED) is 0.830. The van der Waals surface area contributed by atoms with E-state index < -0.39 is 0 Å². The highest BCUT2D eigenvalue weighted by molar-refractivity contribution is 5.86. The van der Waals surface area contributed by atoms with Gasteiger partial charge in [-0.05, 0) is 30.7 Å². The maximum atomic E-state index is 14.0. The van der Waals surface area contributed by atoms with Gasteiger partial charge in [-0.1, -0.05) is 0 Å². The van der Waals surface area contributed by atoms with Gasteiger partial charge in [-0.15, -0.1) is 0 Å². The number of halogens is 1. The van der Waals surface area contributed by atoms with Crippen LogP contribution in [0.4, 0.5) is 21.6 Å². The topological polar surface area (TPSA) is 67.1 Å². The zero-order chi connectivity index (χ0) is 15.0. The first-order chi connectivity index (χ1) is 10.1. The lowest BCUT2D eigenvalue weighted by Crippen LogP contribution is -2.28. The minimum atomic E-state index is -0.382. The molecular formula is C15H16FN5. The van der Waals surface area contributed by atoms with E-state index in [0.29, 0.717) is 11.4 Å². The molecule has 0 atom stereocenters. The number of hydrogen-bond acceptors (Lipinski definition) is 5. The summed E-state index contributed by atoms with van der Waals surface area (Å²) in [6.07, 6.45) is 3.25. The molecule has 0 fully saturated rings. The lowest BCUT2D eigenvalue weighted by atomic mass is 10.0. The molecule has 3 N–H and O–H groups in total. The zero-order valence-corrected chi connectivity index (χ0v) is 11.9. The summed E-state index contributed by atoms with van der Waals surface area (Å²) in [6.45, 7) is 2.73. The number of rotatable bonds is 2. The van der Waals surface area contributed by atoms with Crippen molar-refractivity contribution in [1.82, 2.24) is 9.97 Å².